The van der Waals surface area contributed by atoms with Crippen LogP contribution in [0.5, 0.6) is 0 Å². The minimum Gasteiger partial charge on any atom is -0.366 e. The lowest BCUT2D eigenvalue weighted by atomic mass is 9.75. The van der Waals surface area contributed by atoms with Crippen LogP contribution in [-0.4, -0.2) is 11.0 Å². The second-order valence-electron chi connectivity index (χ2n) is 6.30. The number of nitrogens with one attached hydrogen (secondary N) is 1. The van der Waals surface area contributed by atoms with E-state index in [4.69, 9.17) is 5.26 Å². The number of alkyl halides is 3. The summed E-state index contributed by atoms with van der Waals surface area (Å²) in [4.78, 5) is 3.60. The second-order valence-corrected chi connectivity index (χ2v) is 6.30. The molecule has 1 N–H and O–H groups in total. The van der Waals surface area contributed by atoms with Crippen molar-refractivity contribution in [1.82, 2.24) is 4.98 Å². The number of nitriles is 1. The number of hydrogen-bond donors (Lipinski definition) is 1. The molecule has 1 aromatic heterocycles. The molecule has 1 aliphatic carbocycles. The lowest BCUT2D eigenvalue weighted by molar-refractivity contribution is -0.141. The molecule has 2 rings (SSSR count). The number of anilines is 1. The molecule has 1 heterocycles. The fraction of sp³-hybridized carbons (Fsp3) is 0.600. The Hall–Kier alpha value is -1.77. The van der Waals surface area contributed by atoms with Crippen molar-refractivity contribution in [1.29, 1.82) is 5.26 Å². The third-order valence-corrected chi connectivity index (χ3v) is 3.85. The number of aromatic nitrogens is 1. The quantitative estimate of drug-likeness (QED) is 0.882. The van der Waals surface area contributed by atoms with E-state index < -0.39 is 11.9 Å². The molecule has 0 saturated heterocycles. The molecule has 114 valence electrons. The van der Waals surface area contributed by atoms with E-state index in [1.54, 1.807) is 0 Å². The van der Waals surface area contributed by atoms with Gasteiger partial charge in [0.15, 0.2) is 0 Å². The summed E-state index contributed by atoms with van der Waals surface area (Å²) in [7, 11) is 0. The van der Waals surface area contributed by atoms with E-state index in [-0.39, 0.29) is 22.8 Å². The van der Waals surface area contributed by atoms with Gasteiger partial charge in [0.1, 0.15) is 17.6 Å². The molecule has 0 aromatic carbocycles. The molecule has 0 amide bonds. The van der Waals surface area contributed by atoms with Gasteiger partial charge in [0.05, 0.1) is 5.56 Å². The van der Waals surface area contributed by atoms with E-state index in [1.165, 1.54) is 6.07 Å². The van der Waals surface area contributed by atoms with Crippen molar-refractivity contribution in [3.05, 3.63) is 23.4 Å². The summed E-state index contributed by atoms with van der Waals surface area (Å²) in [6, 6.07) is 3.96. The Morgan fingerprint density at radius 3 is 2.67 bits per heavy atom. The van der Waals surface area contributed by atoms with Crippen molar-refractivity contribution in [2.75, 3.05) is 5.32 Å². The van der Waals surface area contributed by atoms with E-state index in [2.05, 4.69) is 24.1 Å². The summed E-state index contributed by atoms with van der Waals surface area (Å²) in [5.41, 5.74) is -0.671. The molecular formula is C15H18F3N3. The Bertz CT molecular complexity index is 558. The van der Waals surface area contributed by atoms with Crippen LogP contribution < -0.4 is 5.32 Å². The first kappa shape index (κ1) is 15.6. The third-order valence-electron chi connectivity index (χ3n) is 3.85. The van der Waals surface area contributed by atoms with Crippen molar-refractivity contribution in [3.63, 3.8) is 0 Å². The van der Waals surface area contributed by atoms with Crippen molar-refractivity contribution < 1.29 is 13.2 Å². The van der Waals surface area contributed by atoms with Crippen LogP contribution in [0.2, 0.25) is 0 Å². The molecule has 3 nitrogen and oxygen atoms in total. The molecule has 1 aromatic rings. The van der Waals surface area contributed by atoms with E-state index in [0.29, 0.717) is 0 Å². The highest BCUT2D eigenvalue weighted by molar-refractivity contribution is 5.53. The van der Waals surface area contributed by atoms with Gasteiger partial charge >= 0.3 is 6.18 Å². The Labute approximate surface area is 122 Å². The molecule has 6 heteroatoms. The second kappa shape index (κ2) is 5.55. The fourth-order valence-electron chi connectivity index (χ4n) is 2.83. The number of halogens is 3. The van der Waals surface area contributed by atoms with Gasteiger partial charge in [0.2, 0.25) is 0 Å². The fourth-order valence-corrected chi connectivity index (χ4v) is 2.83. The smallest absolute Gasteiger partial charge is 0.366 e. The molecule has 0 spiro atoms. The zero-order valence-corrected chi connectivity index (χ0v) is 12.1. The average Bonchev–Trinajstić information content (AvgIpc) is 2.36. The van der Waals surface area contributed by atoms with Crippen molar-refractivity contribution >= 4 is 5.82 Å². The standard InChI is InChI=1S/C15H18F3N3/c1-14(2)7-3-4-11(8-14)20-13-10(9-19)5-6-12(21-13)15(16,17)18/h5-6,11H,3-4,7-8H2,1-2H3,(H,20,21). The highest BCUT2D eigenvalue weighted by Crippen LogP contribution is 2.37. The Kier molecular flexibility index (Phi) is 4.13. The van der Waals surface area contributed by atoms with Crippen molar-refractivity contribution in [2.24, 2.45) is 5.41 Å². The summed E-state index contributed by atoms with van der Waals surface area (Å²) in [6.45, 7) is 4.29. The van der Waals surface area contributed by atoms with Gasteiger partial charge in [-0.15, -0.1) is 0 Å². The van der Waals surface area contributed by atoms with Gasteiger partial charge < -0.3 is 5.32 Å². The lowest BCUT2D eigenvalue weighted by Crippen LogP contribution is -2.32. The predicted octanol–water partition coefficient (Wildman–Crippen LogP) is 4.35. The minimum absolute atomic E-state index is 0.0371. The van der Waals surface area contributed by atoms with Crippen LogP contribution in [-0.2, 0) is 6.18 Å². The maximum atomic E-state index is 12.7. The van der Waals surface area contributed by atoms with Crippen LogP contribution >= 0.6 is 0 Å². The highest BCUT2D eigenvalue weighted by atomic mass is 19.4. The zero-order valence-electron chi connectivity index (χ0n) is 12.1. The summed E-state index contributed by atoms with van der Waals surface area (Å²) in [5, 5.41) is 12.1. The van der Waals surface area contributed by atoms with Crippen LogP contribution in [0.3, 0.4) is 0 Å². The number of hydrogen-bond acceptors (Lipinski definition) is 3. The van der Waals surface area contributed by atoms with Gasteiger partial charge in [-0.3, -0.25) is 0 Å². The van der Waals surface area contributed by atoms with E-state index in [9.17, 15) is 13.2 Å². The van der Waals surface area contributed by atoms with Crippen LogP contribution in [0, 0.1) is 16.7 Å². The molecule has 1 fully saturated rings. The zero-order chi connectivity index (χ0) is 15.7. The molecule has 1 unspecified atom stereocenters. The predicted molar refractivity (Wildman–Crippen MR) is 73.6 cm³/mol. The normalized spacial score (nSPS) is 21.6. The average molecular weight is 297 g/mol. The Morgan fingerprint density at radius 2 is 2.10 bits per heavy atom. The van der Waals surface area contributed by atoms with Crippen molar-refractivity contribution in [3.8, 4) is 6.07 Å². The number of rotatable bonds is 2. The van der Waals surface area contributed by atoms with E-state index >= 15 is 0 Å². The monoisotopic (exact) mass is 297 g/mol. The Morgan fingerprint density at radius 1 is 1.38 bits per heavy atom. The number of nitrogens with zero attached hydrogens (tertiary/aromatic N) is 2. The van der Waals surface area contributed by atoms with E-state index in [0.717, 1.165) is 31.7 Å². The van der Waals surface area contributed by atoms with Gasteiger partial charge in [-0.25, -0.2) is 4.98 Å². The molecule has 21 heavy (non-hydrogen) atoms. The SMILES string of the molecule is CC1(C)CCCC(Nc2nc(C(F)(F)F)ccc2C#N)C1. The first-order valence-corrected chi connectivity index (χ1v) is 6.96. The summed E-state index contributed by atoms with van der Waals surface area (Å²) < 4.78 is 38.2. The topological polar surface area (TPSA) is 48.7 Å². The summed E-state index contributed by atoms with van der Waals surface area (Å²) >= 11 is 0. The minimum atomic E-state index is -4.50. The molecule has 0 aliphatic heterocycles. The van der Waals surface area contributed by atoms with Crippen molar-refractivity contribution in [2.45, 2.75) is 51.7 Å². The molecular weight excluding hydrogens is 279 g/mol. The highest BCUT2D eigenvalue weighted by Gasteiger charge is 2.34. The van der Waals surface area contributed by atoms with E-state index in [1.807, 2.05) is 6.07 Å². The molecule has 1 aliphatic rings. The molecule has 0 bridgehead atoms. The molecule has 1 saturated carbocycles. The van der Waals surface area contributed by atoms with Crippen LogP contribution in [0.4, 0.5) is 19.0 Å². The van der Waals surface area contributed by atoms with Gasteiger partial charge in [0.25, 0.3) is 0 Å². The van der Waals surface area contributed by atoms with Gasteiger partial charge in [0, 0.05) is 6.04 Å². The van der Waals surface area contributed by atoms with Gasteiger partial charge in [-0.05, 0) is 36.8 Å². The summed E-state index contributed by atoms with van der Waals surface area (Å²) in [6.07, 6.45) is -0.643. The number of pyridine rings is 1. The lowest BCUT2D eigenvalue weighted by Gasteiger charge is -2.36. The maximum absolute atomic E-state index is 12.7. The first-order chi connectivity index (χ1) is 9.71. The van der Waals surface area contributed by atoms with Crippen LogP contribution in [0.25, 0.3) is 0 Å². The van der Waals surface area contributed by atoms with Crippen LogP contribution in [0.15, 0.2) is 12.1 Å². The maximum Gasteiger partial charge on any atom is 0.433 e. The van der Waals surface area contributed by atoms with Crippen LogP contribution in [0.1, 0.15) is 50.8 Å². The summed E-state index contributed by atoms with van der Waals surface area (Å²) in [5.74, 6) is 0.0371. The van der Waals surface area contributed by atoms with Gasteiger partial charge in [-0.2, -0.15) is 18.4 Å². The third kappa shape index (κ3) is 3.87. The Balaban J connectivity index is 2.24. The van der Waals surface area contributed by atoms with Gasteiger partial charge in [-0.1, -0.05) is 20.3 Å². The first-order valence-electron chi connectivity index (χ1n) is 6.96. The largest absolute Gasteiger partial charge is 0.433 e. The molecule has 1 atom stereocenters. The molecule has 0 radical (unpaired) electrons.